The zero-order chi connectivity index (χ0) is 15.4. The molecular weight excluding hydrogens is 293 g/mol. The number of benzene rings is 2. The molecule has 110 valence electrons. The van der Waals surface area contributed by atoms with Gasteiger partial charge in [-0.05, 0) is 49.7 Å². The lowest BCUT2D eigenvalue weighted by Gasteiger charge is -2.15. The molecule has 2 aromatic carbocycles. The van der Waals surface area contributed by atoms with Crippen LogP contribution in [-0.2, 0) is 4.79 Å². The fourth-order valence-electron chi connectivity index (χ4n) is 1.77. The van der Waals surface area contributed by atoms with Crippen LogP contribution in [0.25, 0.3) is 0 Å². The van der Waals surface area contributed by atoms with Crippen LogP contribution >= 0.6 is 11.6 Å². The summed E-state index contributed by atoms with van der Waals surface area (Å²) in [5.74, 6) is -0.405. The molecule has 2 rings (SSSR count). The van der Waals surface area contributed by atoms with E-state index in [1.807, 2.05) is 25.1 Å². The molecule has 0 radical (unpaired) electrons. The Kier molecular flexibility index (Phi) is 4.81. The molecule has 0 aromatic heterocycles. The minimum absolute atomic E-state index is 0.0344. The van der Waals surface area contributed by atoms with Crippen LogP contribution in [0.2, 0.25) is 5.02 Å². The van der Waals surface area contributed by atoms with Gasteiger partial charge in [-0.3, -0.25) is 4.79 Å². The standard InChI is InChI=1S/C16H15ClFNO2/c1-10-4-3-5-13(8-10)21-11(2)16(20)19-15-9-12(17)6-7-14(15)18/h3-9,11H,1-2H3,(H,19,20)/t11-/m1/s1. The average Bonchev–Trinajstić information content (AvgIpc) is 2.43. The Labute approximate surface area is 127 Å². The van der Waals surface area contributed by atoms with E-state index in [1.54, 1.807) is 13.0 Å². The molecule has 1 N–H and O–H groups in total. The summed E-state index contributed by atoms with van der Waals surface area (Å²) in [7, 11) is 0. The number of aryl methyl sites for hydroxylation is 1. The first kappa shape index (κ1) is 15.3. The average molecular weight is 308 g/mol. The predicted octanol–water partition coefficient (Wildman–Crippen LogP) is 4.19. The Morgan fingerprint density at radius 1 is 1.29 bits per heavy atom. The molecule has 0 bridgehead atoms. The molecule has 2 aromatic rings. The van der Waals surface area contributed by atoms with Crippen LogP contribution in [0, 0.1) is 12.7 Å². The van der Waals surface area contributed by atoms with E-state index in [0.717, 1.165) is 5.56 Å². The lowest BCUT2D eigenvalue weighted by Crippen LogP contribution is -2.30. The number of halogens is 2. The van der Waals surface area contributed by atoms with Crippen molar-refractivity contribution >= 4 is 23.2 Å². The summed E-state index contributed by atoms with van der Waals surface area (Å²) in [5.41, 5.74) is 1.06. The molecule has 0 aliphatic carbocycles. The van der Waals surface area contributed by atoms with Gasteiger partial charge >= 0.3 is 0 Å². The second kappa shape index (κ2) is 6.59. The first-order chi connectivity index (χ1) is 9.95. The van der Waals surface area contributed by atoms with Gasteiger partial charge in [-0.15, -0.1) is 0 Å². The zero-order valence-corrected chi connectivity index (χ0v) is 12.4. The molecule has 3 nitrogen and oxygen atoms in total. The van der Waals surface area contributed by atoms with Crippen molar-refractivity contribution in [3.8, 4) is 5.75 Å². The van der Waals surface area contributed by atoms with Crippen molar-refractivity contribution in [1.29, 1.82) is 0 Å². The number of rotatable bonds is 4. The van der Waals surface area contributed by atoms with Crippen LogP contribution in [0.15, 0.2) is 42.5 Å². The smallest absolute Gasteiger partial charge is 0.265 e. The third kappa shape index (κ3) is 4.20. The van der Waals surface area contributed by atoms with Crippen molar-refractivity contribution in [1.82, 2.24) is 0 Å². The van der Waals surface area contributed by atoms with Gasteiger partial charge in [0.2, 0.25) is 0 Å². The summed E-state index contributed by atoms with van der Waals surface area (Å²) in [6, 6.07) is 11.3. The number of nitrogens with one attached hydrogen (secondary N) is 1. The van der Waals surface area contributed by atoms with E-state index in [2.05, 4.69) is 5.32 Å². The monoisotopic (exact) mass is 307 g/mol. The minimum atomic E-state index is -0.759. The fourth-order valence-corrected chi connectivity index (χ4v) is 1.95. The third-order valence-electron chi connectivity index (χ3n) is 2.86. The summed E-state index contributed by atoms with van der Waals surface area (Å²) in [5, 5.41) is 2.81. The largest absolute Gasteiger partial charge is 0.481 e. The van der Waals surface area contributed by atoms with Crippen molar-refractivity contribution in [3.05, 3.63) is 58.9 Å². The van der Waals surface area contributed by atoms with Crippen molar-refractivity contribution in [3.63, 3.8) is 0 Å². The molecular formula is C16H15ClFNO2. The maximum absolute atomic E-state index is 13.6. The highest BCUT2D eigenvalue weighted by Crippen LogP contribution is 2.20. The number of carbonyl (C=O) groups is 1. The molecule has 21 heavy (non-hydrogen) atoms. The van der Waals surface area contributed by atoms with Crippen LogP contribution in [0.5, 0.6) is 5.75 Å². The Hall–Kier alpha value is -2.07. The molecule has 0 saturated carbocycles. The topological polar surface area (TPSA) is 38.3 Å². The SMILES string of the molecule is Cc1cccc(O[C@H](C)C(=O)Nc2cc(Cl)ccc2F)c1. The molecule has 0 heterocycles. The Balaban J connectivity index is 2.04. The Morgan fingerprint density at radius 2 is 2.05 bits per heavy atom. The third-order valence-corrected chi connectivity index (χ3v) is 3.09. The number of anilines is 1. The first-order valence-corrected chi connectivity index (χ1v) is 6.83. The van der Waals surface area contributed by atoms with Crippen LogP contribution < -0.4 is 10.1 Å². The number of amides is 1. The van der Waals surface area contributed by atoms with E-state index in [1.165, 1.54) is 18.2 Å². The highest BCUT2D eigenvalue weighted by molar-refractivity contribution is 6.30. The van der Waals surface area contributed by atoms with E-state index in [4.69, 9.17) is 16.3 Å². The molecule has 5 heteroatoms. The Bertz CT molecular complexity index is 660. The summed E-state index contributed by atoms with van der Waals surface area (Å²) < 4.78 is 19.1. The summed E-state index contributed by atoms with van der Waals surface area (Å²) >= 11 is 5.78. The molecule has 0 aliphatic heterocycles. The number of ether oxygens (including phenoxy) is 1. The van der Waals surface area contributed by atoms with E-state index < -0.39 is 17.8 Å². The van der Waals surface area contributed by atoms with Gasteiger partial charge in [0, 0.05) is 5.02 Å². The summed E-state index contributed by atoms with van der Waals surface area (Å²) in [4.78, 5) is 12.0. The van der Waals surface area contributed by atoms with Gasteiger partial charge in [-0.25, -0.2) is 4.39 Å². The van der Waals surface area contributed by atoms with Crippen LogP contribution in [0.1, 0.15) is 12.5 Å². The minimum Gasteiger partial charge on any atom is -0.481 e. The quantitative estimate of drug-likeness (QED) is 0.919. The van der Waals surface area contributed by atoms with Crippen molar-refractivity contribution in [2.45, 2.75) is 20.0 Å². The zero-order valence-electron chi connectivity index (χ0n) is 11.7. The van der Waals surface area contributed by atoms with Gasteiger partial charge < -0.3 is 10.1 Å². The van der Waals surface area contributed by atoms with E-state index >= 15 is 0 Å². The molecule has 0 saturated heterocycles. The Morgan fingerprint density at radius 3 is 2.76 bits per heavy atom. The lowest BCUT2D eigenvalue weighted by atomic mass is 10.2. The maximum atomic E-state index is 13.6. The van der Waals surface area contributed by atoms with Crippen LogP contribution in [-0.4, -0.2) is 12.0 Å². The number of hydrogen-bond acceptors (Lipinski definition) is 2. The highest BCUT2D eigenvalue weighted by Gasteiger charge is 2.16. The van der Waals surface area contributed by atoms with Gasteiger partial charge in [-0.1, -0.05) is 23.7 Å². The summed E-state index contributed by atoms with van der Waals surface area (Å²) in [6.07, 6.45) is -0.759. The molecule has 1 atom stereocenters. The van der Waals surface area contributed by atoms with Crippen molar-refractivity contribution in [2.24, 2.45) is 0 Å². The number of carbonyl (C=O) groups excluding carboxylic acids is 1. The van der Waals surface area contributed by atoms with E-state index in [-0.39, 0.29) is 5.69 Å². The van der Waals surface area contributed by atoms with E-state index in [0.29, 0.717) is 10.8 Å². The summed E-state index contributed by atoms with van der Waals surface area (Å²) in [6.45, 7) is 3.53. The van der Waals surface area contributed by atoms with Gasteiger partial charge in [0.1, 0.15) is 11.6 Å². The van der Waals surface area contributed by atoms with Crippen molar-refractivity contribution < 1.29 is 13.9 Å². The molecule has 0 fully saturated rings. The van der Waals surface area contributed by atoms with Crippen LogP contribution in [0.3, 0.4) is 0 Å². The van der Waals surface area contributed by atoms with Crippen molar-refractivity contribution in [2.75, 3.05) is 5.32 Å². The second-order valence-corrected chi connectivity index (χ2v) is 5.13. The molecule has 0 aliphatic rings. The predicted molar refractivity (Wildman–Crippen MR) is 81.3 cm³/mol. The normalized spacial score (nSPS) is 11.8. The molecule has 1 amide bonds. The van der Waals surface area contributed by atoms with Crippen LogP contribution in [0.4, 0.5) is 10.1 Å². The van der Waals surface area contributed by atoms with Gasteiger partial charge in [0.25, 0.3) is 5.91 Å². The van der Waals surface area contributed by atoms with E-state index in [9.17, 15) is 9.18 Å². The second-order valence-electron chi connectivity index (χ2n) is 4.69. The first-order valence-electron chi connectivity index (χ1n) is 6.45. The van der Waals surface area contributed by atoms with Gasteiger partial charge in [0.05, 0.1) is 5.69 Å². The number of hydrogen-bond donors (Lipinski definition) is 1. The van der Waals surface area contributed by atoms with Gasteiger partial charge in [-0.2, -0.15) is 0 Å². The maximum Gasteiger partial charge on any atom is 0.265 e. The molecule has 0 spiro atoms. The molecule has 0 unspecified atom stereocenters. The lowest BCUT2D eigenvalue weighted by molar-refractivity contribution is -0.122. The van der Waals surface area contributed by atoms with Gasteiger partial charge in [0.15, 0.2) is 6.10 Å². The fraction of sp³-hybridized carbons (Fsp3) is 0.188. The highest BCUT2D eigenvalue weighted by atomic mass is 35.5.